The Morgan fingerprint density at radius 1 is 1.16 bits per heavy atom. The van der Waals surface area contributed by atoms with Crippen molar-refractivity contribution < 1.29 is 19.2 Å². The number of fused-ring (bicyclic) bond motifs is 2. The molecule has 0 unspecified atom stereocenters. The highest BCUT2D eigenvalue weighted by Crippen LogP contribution is 2.29. The van der Waals surface area contributed by atoms with E-state index in [0.29, 0.717) is 15.1 Å². The van der Waals surface area contributed by atoms with Gasteiger partial charge in [-0.3, -0.25) is 19.7 Å². The Bertz CT molecular complexity index is 1440. The summed E-state index contributed by atoms with van der Waals surface area (Å²) >= 11 is 2.55. The topological polar surface area (TPSA) is 104 Å². The standard InChI is InChI=1S/C21H17N3O5S2/c1-11-6-12(2)19-15(7-11)23(10-18(25)29-3)21(31-19)22-20(26)17-9-13-8-14(24(27)28)4-5-16(13)30-17/h4-9H,10H2,1-3H3. The number of nitrogens with zero attached hydrogens (tertiary/aromatic N) is 3. The van der Waals surface area contributed by atoms with E-state index in [-0.39, 0.29) is 12.2 Å². The van der Waals surface area contributed by atoms with Gasteiger partial charge >= 0.3 is 5.97 Å². The third kappa shape index (κ3) is 3.99. The maximum Gasteiger partial charge on any atom is 0.325 e. The summed E-state index contributed by atoms with van der Waals surface area (Å²) in [5, 5.41) is 11.6. The number of ether oxygens (including phenoxy) is 1. The van der Waals surface area contributed by atoms with Gasteiger partial charge in [0.2, 0.25) is 0 Å². The number of carbonyl (C=O) groups is 2. The molecule has 2 aromatic heterocycles. The predicted octanol–water partition coefficient (Wildman–Crippen LogP) is 4.36. The molecule has 31 heavy (non-hydrogen) atoms. The first-order chi connectivity index (χ1) is 14.8. The number of aryl methyl sites for hydroxylation is 2. The van der Waals surface area contributed by atoms with E-state index in [9.17, 15) is 19.7 Å². The quantitative estimate of drug-likeness (QED) is 0.258. The minimum atomic E-state index is -0.472. The molecule has 158 valence electrons. The number of rotatable bonds is 4. The van der Waals surface area contributed by atoms with E-state index in [0.717, 1.165) is 26.0 Å². The molecular weight excluding hydrogens is 438 g/mol. The SMILES string of the molecule is COC(=O)Cn1c(=NC(=O)c2cc3cc([N+](=O)[O-])ccc3s2)sc2c(C)cc(C)cc21. The average molecular weight is 456 g/mol. The maximum absolute atomic E-state index is 12.9. The van der Waals surface area contributed by atoms with E-state index in [4.69, 9.17) is 4.74 Å². The molecule has 10 heteroatoms. The highest BCUT2D eigenvalue weighted by Gasteiger charge is 2.16. The minimum Gasteiger partial charge on any atom is -0.468 e. The smallest absolute Gasteiger partial charge is 0.325 e. The lowest BCUT2D eigenvalue weighted by Gasteiger charge is -2.05. The summed E-state index contributed by atoms with van der Waals surface area (Å²) in [5.74, 6) is -0.912. The van der Waals surface area contributed by atoms with E-state index in [1.807, 2.05) is 26.0 Å². The van der Waals surface area contributed by atoms with Crippen LogP contribution in [0.1, 0.15) is 20.8 Å². The Balaban J connectivity index is 1.84. The Hall–Kier alpha value is -3.37. The van der Waals surface area contributed by atoms with Gasteiger partial charge < -0.3 is 9.30 Å². The third-order valence-corrected chi connectivity index (χ3v) is 7.08. The number of methoxy groups -OCH3 is 1. The van der Waals surface area contributed by atoms with Gasteiger partial charge in [-0.25, -0.2) is 0 Å². The number of nitro groups is 1. The molecule has 0 atom stereocenters. The molecule has 0 fully saturated rings. The van der Waals surface area contributed by atoms with Crippen LogP contribution in [-0.2, 0) is 16.1 Å². The second-order valence-corrected chi connectivity index (χ2v) is 9.05. The number of nitro benzene ring substituents is 1. The second kappa shape index (κ2) is 8.05. The van der Waals surface area contributed by atoms with Crippen molar-refractivity contribution in [3.63, 3.8) is 0 Å². The van der Waals surface area contributed by atoms with E-state index in [2.05, 4.69) is 4.99 Å². The second-order valence-electron chi connectivity index (χ2n) is 6.98. The first-order valence-corrected chi connectivity index (χ1v) is 10.8. The molecule has 0 radical (unpaired) electrons. The summed E-state index contributed by atoms with van der Waals surface area (Å²) in [6.07, 6.45) is 0. The van der Waals surface area contributed by atoms with Crippen LogP contribution >= 0.6 is 22.7 Å². The van der Waals surface area contributed by atoms with Crippen LogP contribution in [0, 0.1) is 24.0 Å². The summed E-state index contributed by atoms with van der Waals surface area (Å²) in [4.78, 5) is 40.5. The minimum absolute atomic E-state index is 0.0347. The van der Waals surface area contributed by atoms with E-state index >= 15 is 0 Å². The number of hydrogen-bond acceptors (Lipinski definition) is 7. The highest BCUT2D eigenvalue weighted by molar-refractivity contribution is 7.21. The molecule has 0 N–H and O–H groups in total. The van der Waals surface area contributed by atoms with Crippen LogP contribution in [0.4, 0.5) is 5.69 Å². The molecule has 1 amide bonds. The Morgan fingerprint density at radius 3 is 2.65 bits per heavy atom. The molecule has 8 nitrogen and oxygen atoms in total. The lowest BCUT2D eigenvalue weighted by molar-refractivity contribution is -0.384. The van der Waals surface area contributed by atoms with E-state index in [1.165, 1.54) is 41.9 Å². The zero-order valence-corrected chi connectivity index (χ0v) is 18.5. The number of benzene rings is 2. The van der Waals surface area contributed by atoms with Gasteiger partial charge in [0.15, 0.2) is 4.80 Å². The van der Waals surface area contributed by atoms with Crippen molar-refractivity contribution in [1.82, 2.24) is 4.57 Å². The van der Waals surface area contributed by atoms with Crippen molar-refractivity contribution in [1.29, 1.82) is 0 Å². The van der Waals surface area contributed by atoms with Gasteiger partial charge in [0.1, 0.15) is 6.54 Å². The zero-order chi connectivity index (χ0) is 22.3. The Labute approximate surface area is 184 Å². The first kappa shape index (κ1) is 20.9. The van der Waals surface area contributed by atoms with Gasteiger partial charge in [0.05, 0.1) is 27.1 Å². The molecular formula is C21H17N3O5S2. The average Bonchev–Trinajstić information content (AvgIpc) is 3.29. The van der Waals surface area contributed by atoms with Crippen molar-refractivity contribution in [3.8, 4) is 0 Å². The summed E-state index contributed by atoms with van der Waals surface area (Å²) in [7, 11) is 1.31. The number of carbonyl (C=O) groups excluding carboxylic acids is 2. The van der Waals surface area contributed by atoms with Crippen molar-refractivity contribution in [2.24, 2.45) is 4.99 Å². The molecule has 0 aliphatic rings. The fourth-order valence-corrected chi connectivity index (χ4v) is 5.34. The zero-order valence-electron chi connectivity index (χ0n) is 16.9. The molecule has 2 aromatic carbocycles. The fraction of sp³-hybridized carbons (Fsp3) is 0.190. The lowest BCUT2D eigenvalue weighted by Crippen LogP contribution is -2.22. The number of esters is 1. The molecule has 0 aliphatic carbocycles. The summed E-state index contributed by atoms with van der Waals surface area (Å²) in [6.45, 7) is 3.87. The molecule has 4 aromatic rings. The molecule has 4 rings (SSSR count). The van der Waals surface area contributed by atoms with E-state index < -0.39 is 16.8 Å². The Kier molecular flexibility index (Phi) is 5.42. The lowest BCUT2D eigenvalue weighted by atomic mass is 10.1. The van der Waals surface area contributed by atoms with Crippen LogP contribution in [0.2, 0.25) is 0 Å². The van der Waals surface area contributed by atoms with Gasteiger partial charge in [0, 0.05) is 22.2 Å². The first-order valence-electron chi connectivity index (χ1n) is 9.21. The largest absolute Gasteiger partial charge is 0.468 e. The summed E-state index contributed by atoms with van der Waals surface area (Å²) in [5.41, 5.74) is 2.84. The molecule has 0 aliphatic heterocycles. The number of thiazole rings is 1. The number of amides is 1. The van der Waals surface area contributed by atoms with Crippen LogP contribution in [0.15, 0.2) is 41.4 Å². The van der Waals surface area contributed by atoms with Gasteiger partial charge in [-0.05, 0) is 43.2 Å². The number of hydrogen-bond donors (Lipinski definition) is 0. The third-order valence-electron chi connectivity index (χ3n) is 4.75. The van der Waals surface area contributed by atoms with Crippen LogP contribution in [-0.4, -0.2) is 28.5 Å². The monoisotopic (exact) mass is 455 g/mol. The highest BCUT2D eigenvalue weighted by atomic mass is 32.1. The van der Waals surface area contributed by atoms with E-state index in [1.54, 1.807) is 16.7 Å². The summed E-state index contributed by atoms with van der Waals surface area (Å²) in [6, 6.07) is 10.1. The number of non-ortho nitro benzene ring substituents is 1. The van der Waals surface area contributed by atoms with Gasteiger partial charge in [-0.15, -0.1) is 11.3 Å². The number of aromatic nitrogens is 1. The Morgan fingerprint density at radius 2 is 1.94 bits per heavy atom. The predicted molar refractivity (Wildman–Crippen MR) is 120 cm³/mol. The van der Waals surface area contributed by atoms with Gasteiger partial charge in [0.25, 0.3) is 11.6 Å². The normalized spacial score (nSPS) is 11.9. The van der Waals surface area contributed by atoms with Crippen molar-refractivity contribution in [3.05, 3.63) is 67.3 Å². The van der Waals surface area contributed by atoms with Crippen molar-refractivity contribution >= 4 is 60.5 Å². The van der Waals surface area contributed by atoms with Crippen LogP contribution in [0.25, 0.3) is 20.3 Å². The molecule has 0 bridgehead atoms. The molecule has 2 heterocycles. The molecule has 0 spiro atoms. The van der Waals surface area contributed by atoms with Crippen LogP contribution in [0.5, 0.6) is 0 Å². The number of thiophene rings is 1. The van der Waals surface area contributed by atoms with Crippen LogP contribution in [0.3, 0.4) is 0 Å². The molecule has 0 saturated heterocycles. The van der Waals surface area contributed by atoms with Gasteiger partial charge in [-0.1, -0.05) is 17.4 Å². The maximum atomic E-state index is 12.9. The summed E-state index contributed by atoms with van der Waals surface area (Å²) < 4.78 is 8.19. The van der Waals surface area contributed by atoms with Gasteiger partial charge in [-0.2, -0.15) is 4.99 Å². The fourth-order valence-electron chi connectivity index (χ4n) is 3.34. The van der Waals surface area contributed by atoms with Crippen LogP contribution < -0.4 is 4.80 Å². The van der Waals surface area contributed by atoms with Crippen molar-refractivity contribution in [2.45, 2.75) is 20.4 Å². The van der Waals surface area contributed by atoms with Crippen molar-refractivity contribution in [2.75, 3.05) is 7.11 Å². The molecule has 0 saturated carbocycles.